The van der Waals surface area contributed by atoms with Crippen molar-refractivity contribution in [1.82, 2.24) is 4.98 Å². The largest absolute Gasteiger partial charge is 0.378 e. The van der Waals surface area contributed by atoms with Crippen LogP contribution in [0.5, 0.6) is 0 Å². The summed E-state index contributed by atoms with van der Waals surface area (Å²) in [5.41, 5.74) is 1.53. The van der Waals surface area contributed by atoms with E-state index in [0.717, 1.165) is 37.1 Å². The monoisotopic (exact) mass is 376 g/mol. The molecular weight excluding hydrogens is 363 g/mol. The van der Waals surface area contributed by atoms with Crippen molar-refractivity contribution in [3.8, 4) is 11.3 Å². The van der Waals surface area contributed by atoms with Gasteiger partial charge in [0, 0.05) is 24.0 Å². The third-order valence-corrected chi connectivity index (χ3v) is 5.65. The Labute approximate surface area is 146 Å². The highest BCUT2D eigenvalue weighted by Crippen LogP contribution is 2.39. The van der Waals surface area contributed by atoms with Crippen LogP contribution in [0.2, 0.25) is 8.67 Å². The Bertz CT molecular complexity index is 666. The van der Waals surface area contributed by atoms with E-state index in [1.807, 2.05) is 5.38 Å². The van der Waals surface area contributed by atoms with Crippen molar-refractivity contribution in [2.45, 2.75) is 31.8 Å². The Morgan fingerprint density at radius 3 is 3.05 bits per heavy atom. The van der Waals surface area contributed by atoms with Gasteiger partial charge in [0.05, 0.1) is 16.1 Å². The molecule has 1 saturated heterocycles. The molecule has 0 aliphatic carbocycles. The van der Waals surface area contributed by atoms with Crippen LogP contribution in [-0.2, 0) is 9.53 Å². The van der Waals surface area contributed by atoms with Crippen molar-refractivity contribution in [3.05, 3.63) is 20.1 Å². The normalized spacial score (nSPS) is 17.8. The highest BCUT2D eigenvalue weighted by molar-refractivity contribution is 7.20. The van der Waals surface area contributed by atoms with Gasteiger partial charge >= 0.3 is 0 Å². The number of thiophene rings is 1. The molecule has 1 amide bonds. The highest BCUT2D eigenvalue weighted by Gasteiger charge is 2.17. The predicted octanol–water partition coefficient (Wildman–Crippen LogP) is 5.08. The number of thiazole rings is 1. The molecule has 4 nitrogen and oxygen atoms in total. The number of ether oxygens (including phenoxy) is 1. The Hall–Kier alpha value is -0.660. The fourth-order valence-electron chi connectivity index (χ4n) is 2.32. The molecular formula is C14H14Cl2N2O2S2. The molecule has 0 saturated carbocycles. The summed E-state index contributed by atoms with van der Waals surface area (Å²) in [6, 6.07) is 1.78. The number of nitrogens with zero attached hydrogens (tertiary/aromatic N) is 1. The molecule has 1 fully saturated rings. The summed E-state index contributed by atoms with van der Waals surface area (Å²) in [6.45, 7) is 0.812. The van der Waals surface area contributed by atoms with Crippen molar-refractivity contribution < 1.29 is 9.53 Å². The van der Waals surface area contributed by atoms with Crippen LogP contribution in [0.4, 0.5) is 5.13 Å². The number of hydrogen-bond donors (Lipinski definition) is 1. The molecule has 0 bridgehead atoms. The second-order valence-corrected chi connectivity index (χ2v) is 8.14. The molecule has 1 aliphatic rings. The van der Waals surface area contributed by atoms with Crippen molar-refractivity contribution >= 4 is 56.9 Å². The number of hydrogen-bond acceptors (Lipinski definition) is 5. The summed E-state index contributed by atoms with van der Waals surface area (Å²) in [4.78, 5) is 16.3. The maximum Gasteiger partial charge on any atom is 0.226 e. The first kappa shape index (κ1) is 16.2. The average Bonchev–Trinajstić information content (AvgIpc) is 3.18. The number of carbonyl (C=O) groups is 1. The van der Waals surface area contributed by atoms with Crippen LogP contribution in [-0.4, -0.2) is 23.6 Å². The molecule has 3 heterocycles. The number of rotatable bonds is 5. The minimum absolute atomic E-state index is 0.0363. The van der Waals surface area contributed by atoms with Gasteiger partial charge in [-0.05, 0) is 25.3 Å². The molecule has 0 aromatic carbocycles. The molecule has 1 atom stereocenters. The van der Waals surface area contributed by atoms with E-state index in [-0.39, 0.29) is 12.0 Å². The number of amides is 1. The summed E-state index contributed by atoms with van der Waals surface area (Å²) in [5, 5.41) is 5.26. The fraction of sp³-hybridized carbons (Fsp3) is 0.429. The van der Waals surface area contributed by atoms with Crippen molar-refractivity contribution in [1.29, 1.82) is 0 Å². The number of nitrogens with one attached hydrogen (secondary N) is 1. The molecule has 3 rings (SSSR count). The Morgan fingerprint density at radius 2 is 2.36 bits per heavy atom. The third kappa shape index (κ3) is 4.00. The summed E-state index contributed by atoms with van der Waals surface area (Å²) in [5.74, 6) is -0.0363. The van der Waals surface area contributed by atoms with E-state index in [4.69, 9.17) is 27.9 Å². The first-order chi connectivity index (χ1) is 10.6. The highest BCUT2D eigenvalue weighted by atomic mass is 35.5. The Kier molecular flexibility index (Phi) is 5.36. The molecule has 118 valence electrons. The zero-order chi connectivity index (χ0) is 15.5. The van der Waals surface area contributed by atoms with Crippen molar-refractivity contribution in [3.63, 3.8) is 0 Å². The van der Waals surface area contributed by atoms with E-state index >= 15 is 0 Å². The zero-order valence-corrected chi connectivity index (χ0v) is 14.7. The SMILES string of the molecule is O=C(CC[C@H]1CCCO1)Nc1nc(-c2cc(Cl)sc2Cl)cs1. The van der Waals surface area contributed by atoms with E-state index in [0.29, 0.717) is 20.2 Å². The fourth-order valence-corrected chi connectivity index (χ4v) is 4.52. The minimum Gasteiger partial charge on any atom is -0.378 e. The Morgan fingerprint density at radius 1 is 1.50 bits per heavy atom. The number of anilines is 1. The maximum absolute atomic E-state index is 11.9. The summed E-state index contributed by atoms with van der Waals surface area (Å²) >= 11 is 14.7. The molecule has 8 heteroatoms. The van der Waals surface area contributed by atoms with Gasteiger partial charge in [0.25, 0.3) is 0 Å². The molecule has 2 aromatic heterocycles. The van der Waals surface area contributed by atoms with E-state index in [2.05, 4.69) is 10.3 Å². The van der Waals surface area contributed by atoms with Crippen molar-refractivity contribution in [2.75, 3.05) is 11.9 Å². The van der Waals surface area contributed by atoms with E-state index in [1.54, 1.807) is 6.07 Å². The molecule has 0 radical (unpaired) electrons. The minimum atomic E-state index is -0.0363. The molecule has 1 aliphatic heterocycles. The number of aromatic nitrogens is 1. The second kappa shape index (κ2) is 7.27. The molecule has 0 spiro atoms. The van der Waals surface area contributed by atoms with Gasteiger partial charge in [-0.15, -0.1) is 22.7 Å². The summed E-state index contributed by atoms with van der Waals surface area (Å²) < 4.78 is 6.74. The van der Waals surface area contributed by atoms with E-state index in [9.17, 15) is 4.79 Å². The van der Waals surface area contributed by atoms with Gasteiger partial charge in [-0.25, -0.2) is 4.98 Å². The third-order valence-electron chi connectivity index (χ3n) is 3.40. The lowest BCUT2D eigenvalue weighted by Gasteiger charge is -2.07. The Balaban J connectivity index is 1.57. The van der Waals surface area contributed by atoms with Gasteiger partial charge < -0.3 is 10.1 Å². The molecule has 2 aromatic rings. The lowest BCUT2D eigenvalue weighted by Crippen LogP contribution is -2.15. The molecule has 0 unspecified atom stereocenters. The summed E-state index contributed by atoms with van der Waals surface area (Å²) in [7, 11) is 0. The van der Waals surface area contributed by atoms with Crippen LogP contribution in [0.1, 0.15) is 25.7 Å². The van der Waals surface area contributed by atoms with Crippen LogP contribution < -0.4 is 5.32 Å². The van der Waals surface area contributed by atoms with Gasteiger partial charge in [0.2, 0.25) is 5.91 Å². The van der Waals surface area contributed by atoms with E-state index < -0.39 is 0 Å². The standard InChI is InChI=1S/C14H14Cl2N2O2S2/c15-11-6-9(13(16)22-11)10-7-21-14(17-10)18-12(19)4-3-8-2-1-5-20-8/h6-8H,1-5H2,(H,17,18,19)/t8-/m1/s1. The number of halogens is 2. The smallest absolute Gasteiger partial charge is 0.226 e. The van der Waals surface area contributed by atoms with Gasteiger partial charge in [-0.1, -0.05) is 23.2 Å². The first-order valence-electron chi connectivity index (χ1n) is 6.94. The van der Waals surface area contributed by atoms with Crippen LogP contribution in [0.15, 0.2) is 11.4 Å². The zero-order valence-electron chi connectivity index (χ0n) is 11.6. The van der Waals surface area contributed by atoms with Crippen LogP contribution >= 0.6 is 45.9 Å². The number of carbonyl (C=O) groups excluding carboxylic acids is 1. The van der Waals surface area contributed by atoms with Crippen LogP contribution in [0, 0.1) is 0 Å². The quantitative estimate of drug-likeness (QED) is 0.791. The molecule has 22 heavy (non-hydrogen) atoms. The van der Waals surface area contributed by atoms with Gasteiger partial charge in [-0.3, -0.25) is 4.79 Å². The maximum atomic E-state index is 11.9. The van der Waals surface area contributed by atoms with Crippen LogP contribution in [0.3, 0.4) is 0 Å². The van der Waals surface area contributed by atoms with Gasteiger partial charge in [-0.2, -0.15) is 0 Å². The van der Waals surface area contributed by atoms with Crippen molar-refractivity contribution in [2.24, 2.45) is 0 Å². The van der Waals surface area contributed by atoms with E-state index in [1.165, 1.54) is 22.7 Å². The van der Waals surface area contributed by atoms with Gasteiger partial charge in [0.1, 0.15) is 4.34 Å². The lowest BCUT2D eigenvalue weighted by atomic mass is 10.1. The van der Waals surface area contributed by atoms with Crippen LogP contribution in [0.25, 0.3) is 11.3 Å². The lowest BCUT2D eigenvalue weighted by molar-refractivity contribution is -0.116. The second-order valence-electron chi connectivity index (χ2n) is 5.00. The van der Waals surface area contributed by atoms with Gasteiger partial charge in [0.15, 0.2) is 5.13 Å². The topological polar surface area (TPSA) is 51.2 Å². The molecule has 1 N–H and O–H groups in total. The average molecular weight is 377 g/mol. The summed E-state index contributed by atoms with van der Waals surface area (Å²) in [6.07, 6.45) is 3.57. The predicted molar refractivity (Wildman–Crippen MR) is 92.3 cm³/mol. The first-order valence-corrected chi connectivity index (χ1v) is 9.39.